The van der Waals surface area contributed by atoms with Crippen molar-refractivity contribution in [1.82, 2.24) is 0 Å². The summed E-state index contributed by atoms with van der Waals surface area (Å²) in [5.41, 5.74) is 6.76. The van der Waals surface area contributed by atoms with Crippen LogP contribution in [0.15, 0.2) is 23.7 Å². The van der Waals surface area contributed by atoms with Crippen molar-refractivity contribution in [3.8, 4) is 0 Å². The number of hydrogen-bond acceptors (Lipinski definition) is 1. The van der Waals surface area contributed by atoms with Crippen LogP contribution in [-0.4, -0.2) is 24.7 Å². The van der Waals surface area contributed by atoms with Gasteiger partial charge in [0.2, 0.25) is 8.32 Å². The third kappa shape index (κ3) is 7.96. The normalized spacial score (nSPS) is 17.8. The zero-order chi connectivity index (χ0) is 12.3. The summed E-state index contributed by atoms with van der Waals surface area (Å²) in [5.74, 6) is 0. The Hall–Kier alpha value is 0.0906. The van der Waals surface area contributed by atoms with E-state index in [9.17, 15) is 0 Å². The van der Waals surface area contributed by atoms with Crippen molar-refractivity contribution in [2.45, 2.75) is 45.8 Å². The van der Waals surface area contributed by atoms with Crippen LogP contribution in [0.3, 0.4) is 0 Å². The van der Waals surface area contributed by atoms with Gasteiger partial charge in [-0.15, -0.1) is 12.3 Å². The Balaban J connectivity index is 4.74. The van der Waals surface area contributed by atoms with Crippen LogP contribution >= 0.6 is 0 Å². The second-order valence-electron chi connectivity index (χ2n) is 6.30. The van der Waals surface area contributed by atoms with Gasteiger partial charge in [-0.05, 0) is 26.2 Å². The van der Waals surface area contributed by atoms with Crippen LogP contribution in [-0.2, 0) is 4.12 Å². The monoisotopic (exact) mass is 258 g/mol. The maximum absolute atomic E-state index is 6.26. The first-order valence-corrected chi connectivity index (χ1v) is 15.1. The van der Waals surface area contributed by atoms with Gasteiger partial charge in [0, 0.05) is 0 Å². The fraction of sp³-hybridized carbons (Fsp3) is 0.636. The molecule has 0 aromatic heterocycles. The Morgan fingerprint density at radius 2 is 1.33 bits per heavy atom. The van der Waals surface area contributed by atoms with Crippen LogP contribution in [0.4, 0.5) is 0 Å². The largest absolute Gasteiger partial charge is 0.450 e. The second-order valence-corrected chi connectivity index (χ2v) is 19.5. The molecule has 15 heavy (non-hydrogen) atoms. The zero-order valence-electron chi connectivity index (χ0n) is 11.3. The number of hydrogen-bond donors (Lipinski definition) is 0. The Kier molecular flexibility index (Phi) is 4.98. The van der Waals surface area contributed by atoms with Crippen LogP contribution in [0.5, 0.6) is 0 Å². The van der Waals surface area contributed by atoms with Gasteiger partial charge in [0.1, 0.15) is 0 Å². The lowest BCUT2D eigenvalue weighted by Gasteiger charge is -2.30. The minimum absolute atomic E-state index is 1.12. The molecule has 0 rings (SSSR count). The smallest absolute Gasteiger partial charge is 0.225 e. The van der Waals surface area contributed by atoms with Crippen molar-refractivity contribution in [3.05, 3.63) is 23.7 Å². The van der Waals surface area contributed by atoms with Crippen molar-refractivity contribution in [2.75, 3.05) is 0 Å². The lowest BCUT2D eigenvalue weighted by Crippen LogP contribution is -2.42. The average molecular weight is 259 g/mol. The molecule has 0 bridgehead atoms. The summed E-state index contributed by atoms with van der Waals surface area (Å²) in [4.78, 5) is 0. The molecule has 0 radical (unpaired) electrons. The molecule has 0 spiro atoms. The number of rotatable bonds is 5. The molecule has 4 heteroatoms. The lowest BCUT2D eigenvalue weighted by atomic mass is 11.2. The van der Waals surface area contributed by atoms with Crippen LogP contribution < -0.4 is 0 Å². The fourth-order valence-corrected chi connectivity index (χ4v) is 10.6. The molecule has 0 heterocycles. The van der Waals surface area contributed by atoms with Gasteiger partial charge in [0.15, 0.2) is 8.32 Å². The van der Waals surface area contributed by atoms with Gasteiger partial charge in [-0.25, -0.2) is 0 Å². The van der Waals surface area contributed by atoms with Crippen LogP contribution in [0.2, 0.25) is 45.8 Å². The predicted octanol–water partition coefficient (Wildman–Crippen LogP) is 4.11. The van der Waals surface area contributed by atoms with E-state index in [0.717, 1.165) is 0 Å². The van der Waals surface area contributed by atoms with Crippen molar-refractivity contribution >= 4 is 24.7 Å². The fourth-order valence-electron chi connectivity index (χ4n) is 1.22. The van der Waals surface area contributed by atoms with E-state index in [1.807, 2.05) is 5.70 Å². The molecule has 0 aromatic carbocycles. The van der Waals surface area contributed by atoms with Crippen LogP contribution in [0.25, 0.3) is 0 Å². The molecule has 0 aliphatic rings. The molecular weight excluding hydrogens is 232 g/mol. The highest BCUT2D eigenvalue weighted by Crippen LogP contribution is 2.17. The Morgan fingerprint density at radius 3 is 1.60 bits per heavy atom. The third-order valence-electron chi connectivity index (χ3n) is 1.85. The zero-order valence-corrected chi connectivity index (χ0v) is 14.3. The Labute approximate surface area is 98.5 Å². The van der Waals surface area contributed by atoms with E-state index < -0.39 is 24.7 Å². The van der Waals surface area contributed by atoms with E-state index in [4.69, 9.17) is 4.12 Å². The van der Waals surface area contributed by atoms with Crippen LogP contribution in [0, 0.1) is 0 Å². The molecule has 1 unspecified atom stereocenters. The highest BCUT2D eigenvalue weighted by molar-refractivity contribution is 6.92. The average Bonchev–Trinajstić information content (AvgIpc) is 1.97. The van der Waals surface area contributed by atoms with Gasteiger partial charge in [0.05, 0.1) is 8.07 Å². The molecule has 0 aromatic rings. The standard InChI is InChI=1S/C11H26OSi3/c1-9-15(8,12-14(5,6)7)11-10-13(2,3)4/h9-11H,1H2,2-8H3. The quantitative estimate of drug-likeness (QED) is 0.674. The predicted molar refractivity (Wildman–Crippen MR) is 78.7 cm³/mol. The van der Waals surface area contributed by atoms with Gasteiger partial charge in [-0.2, -0.15) is 0 Å². The van der Waals surface area contributed by atoms with Gasteiger partial charge in [0.25, 0.3) is 0 Å². The molecule has 1 atom stereocenters. The summed E-state index contributed by atoms with van der Waals surface area (Å²) in [6, 6.07) is 0. The molecule has 0 saturated heterocycles. The highest BCUT2D eigenvalue weighted by atomic mass is 28.4. The first-order chi connectivity index (χ1) is 6.47. The van der Waals surface area contributed by atoms with E-state index in [-0.39, 0.29) is 0 Å². The summed E-state index contributed by atoms with van der Waals surface area (Å²) in [5, 5.41) is 0. The molecule has 0 amide bonds. The molecule has 88 valence electrons. The summed E-state index contributed by atoms with van der Waals surface area (Å²) in [7, 11) is -4.36. The molecule has 0 N–H and O–H groups in total. The van der Waals surface area contributed by atoms with Gasteiger partial charge in [-0.1, -0.05) is 31.0 Å². The van der Waals surface area contributed by atoms with E-state index >= 15 is 0 Å². The van der Waals surface area contributed by atoms with E-state index in [1.165, 1.54) is 0 Å². The van der Waals surface area contributed by atoms with Crippen molar-refractivity contribution < 1.29 is 4.12 Å². The topological polar surface area (TPSA) is 9.23 Å². The van der Waals surface area contributed by atoms with Gasteiger partial charge in [-0.3, -0.25) is 0 Å². The maximum atomic E-state index is 6.26. The summed E-state index contributed by atoms with van der Waals surface area (Å²) in [6.45, 7) is 19.9. The van der Waals surface area contributed by atoms with Gasteiger partial charge >= 0.3 is 0 Å². The molecular formula is C11H26OSi3. The maximum Gasteiger partial charge on any atom is 0.225 e. The summed E-state index contributed by atoms with van der Waals surface area (Å²) in [6.07, 6.45) is 0. The second kappa shape index (κ2) is 4.95. The van der Waals surface area contributed by atoms with E-state index in [1.54, 1.807) is 0 Å². The SMILES string of the molecule is C=C[Si](C)(C=C[Si](C)(C)C)O[Si](C)(C)C. The minimum atomic E-state index is -1.79. The summed E-state index contributed by atoms with van der Waals surface area (Å²) >= 11 is 0. The lowest BCUT2D eigenvalue weighted by molar-refractivity contribution is 0.570. The Morgan fingerprint density at radius 1 is 0.867 bits per heavy atom. The van der Waals surface area contributed by atoms with Crippen molar-refractivity contribution in [1.29, 1.82) is 0 Å². The van der Waals surface area contributed by atoms with Crippen LogP contribution in [0.1, 0.15) is 0 Å². The first kappa shape index (κ1) is 15.1. The van der Waals surface area contributed by atoms with E-state index in [2.05, 4.69) is 63.8 Å². The Bertz CT molecular complexity index is 248. The molecule has 1 nitrogen and oxygen atoms in total. The molecule has 0 saturated carbocycles. The minimum Gasteiger partial charge on any atom is -0.450 e. The molecule has 0 fully saturated rings. The first-order valence-electron chi connectivity index (χ1n) is 5.52. The molecule has 0 aliphatic carbocycles. The van der Waals surface area contributed by atoms with Crippen molar-refractivity contribution in [2.24, 2.45) is 0 Å². The van der Waals surface area contributed by atoms with E-state index in [0.29, 0.717) is 0 Å². The van der Waals surface area contributed by atoms with Crippen molar-refractivity contribution in [3.63, 3.8) is 0 Å². The summed E-state index contributed by atoms with van der Waals surface area (Å²) < 4.78 is 6.26. The highest BCUT2D eigenvalue weighted by Gasteiger charge is 2.29. The third-order valence-corrected chi connectivity index (χ3v) is 9.19. The molecule has 0 aliphatic heterocycles. The van der Waals surface area contributed by atoms with Gasteiger partial charge < -0.3 is 4.12 Å².